The maximum atomic E-state index is 12.2. The lowest BCUT2D eigenvalue weighted by Crippen LogP contribution is -2.02. The number of alkyl halides is 2. The molecular formula is C27H26ClF2NO5. The van der Waals surface area contributed by atoms with Gasteiger partial charge in [-0.1, -0.05) is 37.1 Å². The first kappa shape index (κ1) is 26.9. The number of aromatic nitrogens is 1. The fraction of sp³-hybridized carbons (Fsp3) is 0.259. The van der Waals surface area contributed by atoms with Crippen molar-refractivity contribution in [2.45, 2.75) is 39.9 Å². The zero-order valence-electron chi connectivity index (χ0n) is 19.9. The van der Waals surface area contributed by atoms with Crippen molar-refractivity contribution in [1.29, 1.82) is 0 Å². The molecular weight excluding hydrogens is 492 g/mol. The number of benzene rings is 2. The summed E-state index contributed by atoms with van der Waals surface area (Å²) in [7, 11) is 0. The van der Waals surface area contributed by atoms with Crippen molar-refractivity contribution in [3.8, 4) is 23.1 Å². The molecule has 9 heteroatoms. The third-order valence-corrected chi connectivity index (χ3v) is 5.16. The number of rotatable bonds is 12. The smallest absolute Gasteiger partial charge is 0.387 e. The number of hydrogen-bond donors (Lipinski definition) is 0. The zero-order valence-corrected chi connectivity index (χ0v) is 20.6. The Bertz CT molecular complexity index is 1140. The lowest BCUT2D eigenvalue weighted by Gasteiger charge is -2.12. The van der Waals surface area contributed by atoms with E-state index in [0.717, 1.165) is 29.5 Å². The molecule has 2 aromatic carbocycles. The van der Waals surface area contributed by atoms with E-state index in [9.17, 15) is 13.6 Å². The van der Waals surface area contributed by atoms with Crippen LogP contribution in [0.1, 0.15) is 36.5 Å². The van der Waals surface area contributed by atoms with Gasteiger partial charge in [-0.3, -0.25) is 0 Å². The van der Waals surface area contributed by atoms with Crippen molar-refractivity contribution in [3.05, 3.63) is 82.5 Å². The summed E-state index contributed by atoms with van der Waals surface area (Å²) in [5.41, 5.74) is 2.29. The monoisotopic (exact) mass is 517 g/mol. The van der Waals surface area contributed by atoms with E-state index in [1.165, 1.54) is 24.4 Å². The molecule has 0 radical (unpaired) electrons. The van der Waals surface area contributed by atoms with Crippen LogP contribution in [-0.2, 0) is 16.1 Å². The summed E-state index contributed by atoms with van der Waals surface area (Å²) in [4.78, 5) is 16.0. The second-order valence-corrected chi connectivity index (χ2v) is 8.16. The van der Waals surface area contributed by atoms with Crippen LogP contribution in [0.4, 0.5) is 8.78 Å². The maximum Gasteiger partial charge on any atom is 0.387 e. The summed E-state index contributed by atoms with van der Waals surface area (Å²) in [6.07, 6.45) is 6.30. The molecule has 0 saturated carbocycles. The van der Waals surface area contributed by atoms with Crippen LogP contribution in [0.2, 0.25) is 5.02 Å². The summed E-state index contributed by atoms with van der Waals surface area (Å²) in [5, 5.41) is 0.371. The third kappa shape index (κ3) is 8.53. The summed E-state index contributed by atoms with van der Waals surface area (Å²) >= 11 is 6.41. The van der Waals surface area contributed by atoms with E-state index in [1.54, 1.807) is 36.4 Å². The highest BCUT2D eigenvalue weighted by atomic mass is 35.5. The molecule has 1 aromatic heterocycles. The van der Waals surface area contributed by atoms with Crippen molar-refractivity contribution in [3.63, 3.8) is 0 Å². The van der Waals surface area contributed by atoms with Crippen LogP contribution in [-0.4, -0.2) is 24.2 Å². The number of pyridine rings is 1. The van der Waals surface area contributed by atoms with Crippen LogP contribution in [0, 0.1) is 6.92 Å². The van der Waals surface area contributed by atoms with Crippen molar-refractivity contribution in [1.82, 2.24) is 4.98 Å². The van der Waals surface area contributed by atoms with Gasteiger partial charge >= 0.3 is 12.6 Å². The van der Waals surface area contributed by atoms with Gasteiger partial charge < -0.3 is 18.9 Å². The fourth-order valence-corrected chi connectivity index (χ4v) is 3.38. The lowest BCUT2D eigenvalue weighted by molar-refractivity contribution is -0.137. The number of nitrogens with zero attached hydrogens (tertiary/aromatic N) is 1. The summed E-state index contributed by atoms with van der Waals surface area (Å²) in [6.45, 7) is 1.63. The van der Waals surface area contributed by atoms with Crippen molar-refractivity contribution < 1.29 is 32.5 Å². The van der Waals surface area contributed by atoms with E-state index in [2.05, 4.69) is 9.72 Å². The molecule has 3 rings (SSSR count). The minimum absolute atomic E-state index is 0.0832. The van der Waals surface area contributed by atoms with Crippen LogP contribution < -0.4 is 14.2 Å². The third-order valence-electron chi connectivity index (χ3n) is 4.88. The number of ether oxygens (including phenoxy) is 4. The van der Waals surface area contributed by atoms with Gasteiger partial charge in [0.15, 0.2) is 5.75 Å². The zero-order chi connectivity index (χ0) is 25.9. The van der Waals surface area contributed by atoms with Gasteiger partial charge in [0.25, 0.3) is 0 Å². The predicted molar refractivity (Wildman–Crippen MR) is 133 cm³/mol. The SMILES string of the molecule is CCCCOC(=O)/C=C/c1cc(C)c(Oc2ccc(OCc3ccc(OC(F)F)cc3)cn2)c(Cl)c1. The molecule has 0 saturated heterocycles. The van der Waals surface area contributed by atoms with Crippen LogP contribution in [0.3, 0.4) is 0 Å². The highest BCUT2D eigenvalue weighted by Crippen LogP contribution is 2.34. The number of hydrogen-bond acceptors (Lipinski definition) is 6. The van der Waals surface area contributed by atoms with E-state index in [1.807, 2.05) is 19.9 Å². The standard InChI is InChI=1S/C27H26ClF2NO5/c1-3-4-13-33-25(32)12-7-20-14-18(2)26(23(28)15-20)36-24-11-10-22(16-31-24)34-17-19-5-8-21(9-6-19)35-27(29)30/h5-12,14-16,27H,3-4,13,17H2,1-2H3/b12-7+. The molecule has 6 nitrogen and oxygen atoms in total. The molecule has 0 aliphatic rings. The van der Waals surface area contributed by atoms with Crippen molar-refractivity contribution >= 4 is 23.6 Å². The van der Waals surface area contributed by atoms with E-state index in [4.69, 9.17) is 25.8 Å². The average molecular weight is 518 g/mol. The number of unbranched alkanes of at least 4 members (excludes halogenated alkanes) is 1. The summed E-state index contributed by atoms with van der Waals surface area (Å²) < 4.78 is 45.4. The Morgan fingerprint density at radius 1 is 1.11 bits per heavy atom. The van der Waals surface area contributed by atoms with E-state index < -0.39 is 12.6 Å². The lowest BCUT2D eigenvalue weighted by atomic mass is 10.1. The Labute approximate surface area is 213 Å². The van der Waals surface area contributed by atoms with E-state index in [0.29, 0.717) is 29.0 Å². The molecule has 3 aromatic rings. The molecule has 190 valence electrons. The molecule has 0 amide bonds. The van der Waals surface area contributed by atoms with Gasteiger partial charge in [0.2, 0.25) is 5.88 Å². The van der Waals surface area contributed by atoms with Crippen LogP contribution in [0.25, 0.3) is 6.08 Å². The minimum atomic E-state index is -2.86. The van der Waals surface area contributed by atoms with Gasteiger partial charge in [0.05, 0.1) is 17.8 Å². The Morgan fingerprint density at radius 3 is 2.50 bits per heavy atom. The molecule has 0 spiro atoms. The molecule has 0 bridgehead atoms. The van der Waals surface area contributed by atoms with Gasteiger partial charge in [-0.05, 0) is 66.4 Å². The Morgan fingerprint density at radius 2 is 1.86 bits per heavy atom. The van der Waals surface area contributed by atoms with Gasteiger partial charge in [-0.2, -0.15) is 8.78 Å². The number of halogens is 3. The van der Waals surface area contributed by atoms with Crippen LogP contribution in [0.15, 0.2) is 60.8 Å². The van der Waals surface area contributed by atoms with Crippen molar-refractivity contribution in [2.24, 2.45) is 0 Å². The first-order valence-corrected chi connectivity index (χ1v) is 11.7. The van der Waals surface area contributed by atoms with Gasteiger partial charge in [-0.25, -0.2) is 9.78 Å². The molecule has 0 aliphatic carbocycles. The topological polar surface area (TPSA) is 66.9 Å². The number of carbonyl (C=O) groups excluding carboxylic acids is 1. The number of carbonyl (C=O) groups is 1. The van der Waals surface area contributed by atoms with Gasteiger partial charge in [0, 0.05) is 12.1 Å². The molecule has 0 atom stereocenters. The normalized spacial score (nSPS) is 11.1. The maximum absolute atomic E-state index is 12.2. The number of aryl methyl sites for hydroxylation is 1. The molecule has 0 N–H and O–H groups in total. The van der Waals surface area contributed by atoms with Gasteiger partial charge in [0.1, 0.15) is 18.1 Å². The first-order chi connectivity index (χ1) is 17.3. The van der Waals surface area contributed by atoms with Crippen molar-refractivity contribution in [2.75, 3.05) is 6.61 Å². The van der Waals surface area contributed by atoms with Gasteiger partial charge in [-0.15, -0.1) is 0 Å². The second kappa shape index (κ2) is 13.4. The minimum Gasteiger partial charge on any atom is -0.487 e. The van der Waals surface area contributed by atoms with E-state index in [-0.39, 0.29) is 12.4 Å². The highest BCUT2D eigenvalue weighted by Gasteiger charge is 2.10. The summed E-state index contributed by atoms with van der Waals surface area (Å²) in [6, 6.07) is 13.1. The number of esters is 1. The molecule has 0 fully saturated rings. The molecule has 0 aliphatic heterocycles. The first-order valence-electron chi connectivity index (χ1n) is 11.3. The fourth-order valence-electron chi connectivity index (χ4n) is 3.06. The Hall–Kier alpha value is -3.65. The van der Waals surface area contributed by atoms with E-state index >= 15 is 0 Å². The van der Waals surface area contributed by atoms with Crippen LogP contribution in [0.5, 0.6) is 23.1 Å². The summed E-state index contributed by atoms with van der Waals surface area (Å²) in [5.74, 6) is 0.960. The largest absolute Gasteiger partial charge is 0.487 e. The second-order valence-electron chi connectivity index (χ2n) is 7.75. The van der Waals surface area contributed by atoms with Crippen LogP contribution >= 0.6 is 11.6 Å². The average Bonchev–Trinajstić information content (AvgIpc) is 2.85. The Balaban J connectivity index is 1.56. The molecule has 36 heavy (non-hydrogen) atoms. The molecule has 0 unspecified atom stereocenters. The highest BCUT2D eigenvalue weighted by molar-refractivity contribution is 6.32. The molecule has 1 heterocycles. The Kier molecular flexibility index (Phi) is 10.1. The quantitative estimate of drug-likeness (QED) is 0.142. The predicted octanol–water partition coefficient (Wildman–Crippen LogP) is 7.37.